The first-order valence-electron chi connectivity index (χ1n) is 7.92. The lowest BCUT2D eigenvalue weighted by atomic mass is 9.95. The van der Waals surface area contributed by atoms with E-state index < -0.39 is 4.92 Å². The van der Waals surface area contributed by atoms with Gasteiger partial charge in [0.25, 0.3) is 0 Å². The monoisotopic (exact) mass is 391 g/mol. The van der Waals surface area contributed by atoms with E-state index in [9.17, 15) is 10.1 Å². The van der Waals surface area contributed by atoms with E-state index in [4.69, 9.17) is 0 Å². The number of rotatable bonds is 5. The second-order valence-corrected chi connectivity index (χ2v) is 6.71. The zero-order valence-electron chi connectivity index (χ0n) is 13.0. The number of halogens is 1. The fourth-order valence-electron chi connectivity index (χ4n) is 2.89. The van der Waals surface area contributed by atoms with Crippen LogP contribution in [-0.2, 0) is 0 Å². The molecule has 0 saturated heterocycles. The van der Waals surface area contributed by atoms with Gasteiger partial charge in [-0.25, -0.2) is 9.97 Å². The third-order valence-corrected chi connectivity index (χ3v) is 4.53. The van der Waals surface area contributed by atoms with Gasteiger partial charge < -0.3 is 10.6 Å². The Kier molecular flexibility index (Phi) is 5.24. The van der Waals surface area contributed by atoms with Crippen molar-refractivity contribution >= 4 is 38.9 Å². The fourth-order valence-corrected chi connectivity index (χ4v) is 3.29. The first kappa shape index (κ1) is 16.6. The lowest BCUT2D eigenvalue weighted by Gasteiger charge is -2.23. The maximum atomic E-state index is 11.6. The van der Waals surface area contributed by atoms with Crippen molar-refractivity contribution in [2.75, 3.05) is 10.6 Å². The van der Waals surface area contributed by atoms with Gasteiger partial charge in [-0.2, -0.15) is 0 Å². The Morgan fingerprint density at radius 2 is 1.92 bits per heavy atom. The summed E-state index contributed by atoms with van der Waals surface area (Å²) in [6, 6.07) is 7.62. The third-order valence-electron chi connectivity index (χ3n) is 4.04. The van der Waals surface area contributed by atoms with Crippen molar-refractivity contribution in [1.29, 1.82) is 0 Å². The normalized spacial score (nSPS) is 15.0. The molecule has 1 saturated carbocycles. The summed E-state index contributed by atoms with van der Waals surface area (Å²) in [5.41, 5.74) is 0.595. The molecule has 126 valence electrons. The van der Waals surface area contributed by atoms with Crippen molar-refractivity contribution in [1.82, 2.24) is 9.97 Å². The molecule has 24 heavy (non-hydrogen) atoms. The van der Waals surface area contributed by atoms with Gasteiger partial charge in [-0.15, -0.1) is 0 Å². The van der Waals surface area contributed by atoms with Crippen LogP contribution in [0, 0.1) is 10.1 Å². The molecule has 1 heterocycles. The van der Waals surface area contributed by atoms with Gasteiger partial charge in [0.2, 0.25) is 11.6 Å². The van der Waals surface area contributed by atoms with E-state index in [1.54, 1.807) is 0 Å². The quantitative estimate of drug-likeness (QED) is 0.569. The SMILES string of the molecule is O=[N+]([O-])c1c(Nc2cccc(Br)c2)ncnc1NC1CCCCC1. The number of aromatic nitrogens is 2. The van der Waals surface area contributed by atoms with Crippen molar-refractivity contribution < 1.29 is 4.92 Å². The smallest absolute Gasteiger partial charge is 0.353 e. The maximum absolute atomic E-state index is 11.6. The van der Waals surface area contributed by atoms with E-state index in [0.717, 1.165) is 35.8 Å². The van der Waals surface area contributed by atoms with Crippen LogP contribution in [0.1, 0.15) is 32.1 Å². The van der Waals surface area contributed by atoms with Crippen LogP contribution in [0.5, 0.6) is 0 Å². The predicted octanol–water partition coefficient (Wildman–Crippen LogP) is 4.64. The van der Waals surface area contributed by atoms with Gasteiger partial charge in [-0.1, -0.05) is 41.3 Å². The van der Waals surface area contributed by atoms with E-state index in [0.29, 0.717) is 0 Å². The summed E-state index contributed by atoms with van der Waals surface area (Å²) in [5.74, 6) is 0.464. The summed E-state index contributed by atoms with van der Waals surface area (Å²) in [6.07, 6.45) is 6.86. The van der Waals surface area contributed by atoms with Gasteiger partial charge in [0, 0.05) is 16.2 Å². The van der Waals surface area contributed by atoms with Crippen LogP contribution in [0.15, 0.2) is 35.1 Å². The highest BCUT2D eigenvalue weighted by Crippen LogP contribution is 2.33. The third kappa shape index (κ3) is 4.00. The lowest BCUT2D eigenvalue weighted by Crippen LogP contribution is -2.23. The first-order chi connectivity index (χ1) is 11.6. The average molecular weight is 392 g/mol. The second-order valence-electron chi connectivity index (χ2n) is 5.79. The summed E-state index contributed by atoms with van der Waals surface area (Å²) >= 11 is 3.38. The summed E-state index contributed by atoms with van der Waals surface area (Å²) in [4.78, 5) is 19.3. The molecule has 1 aliphatic rings. The molecule has 0 spiro atoms. The second kappa shape index (κ2) is 7.57. The van der Waals surface area contributed by atoms with Crippen LogP contribution in [0.3, 0.4) is 0 Å². The van der Waals surface area contributed by atoms with Crippen LogP contribution < -0.4 is 10.6 Å². The highest BCUT2D eigenvalue weighted by Gasteiger charge is 2.25. The van der Waals surface area contributed by atoms with E-state index in [2.05, 4.69) is 36.5 Å². The molecular formula is C16H18BrN5O2. The number of hydrogen-bond acceptors (Lipinski definition) is 6. The molecule has 0 bridgehead atoms. The molecule has 0 unspecified atom stereocenters. The van der Waals surface area contributed by atoms with E-state index in [1.165, 1.54) is 12.7 Å². The van der Waals surface area contributed by atoms with Crippen LogP contribution >= 0.6 is 15.9 Å². The van der Waals surface area contributed by atoms with Gasteiger partial charge in [0.15, 0.2) is 0 Å². The van der Waals surface area contributed by atoms with Crippen LogP contribution in [0.2, 0.25) is 0 Å². The van der Waals surface area contributed by atoms with Gasteiger partial charge in [-0.05, 0) is 31.0 Å². The molecule has 7 nitrogen and oxygen atoms in total. The van der Waals surface area contributed by atoms with Crippen molar-refractivity contribution in [3.05, 3.63) is 45.2 Å². The predicted molar refractivity (Wildman–Crippen MR) is 96.6 cm³/mol. The minimum Gasteiger partial charge on any atom is -0.361 e. The standard InChI is InChI=1S/C16H18BrN5O2/c17-11-5-4-8-13(9-11)21-16-14(22(23)24)15(18-10-19-16)20-12-6-2-1-3-7-12/h4-5,8-10,12H,1-3,6-7H2,(H2,18,19,20,21). The average Bonchev–Trinajstić information content (AvgIpc) is 2.56. The summed E-state index contributed by atoms with van der Waals surface area (Å²) < 4.78 is 0.879. The Morgan fingerprint density at radius 1 is 1.17 bits per heavy atom. The Bertz CT molecular complexity index is 734. The highest BCUT2D eigenvalue weighted by atomic mass is 79.9. The molecule has 8 heteroatoms. The molecule has 1 fully saturated rings. The van der Waals surface area contributed by atoms with Crippen molar-refractivity contribution in [3.8, 4) is 0 Å². The zero-order valence-corrected chi connectivity index (χ0v) is 14.6. The van der Waals surface area contributed by atoms with Crippen LogP contribution in [0.25, 0.3) is 0 Å². The Labute approximate surface area is 148 Å². The molecule has 0 radical (unpaired) electrons. The van der Waals surface area contributed by atoms with Gasteiger partial charge in [0.05, 0.1) is 4.92 Å². The number of anilines is 3. The van der Waals surface area contributed by atoms with E-state index in [1.807, 2.05) is 24.3 Å². The minimum absolute atomic E-state index is 0.122. The summed E-state index contributed by atoms with van der Waals surface area (Å²) in [6.45, 7) is 0. The Hall–Kier alpha value is -2.22. The summed E-state index contributed by atoms with van der Waals surface area (Å²) in [5, 5.41) is 17.8. The number of nitrogens with one attached hydrogen (secondary N) is 2. The van der Waals surface area contributed by atoms with Gasteiger partial charge >= 0.3 is 5.69 Å². The summed E-state index contributed by atoms with van der Waals surface area (Å²) in [7, 11) is 0. The molecular weight excluding hydrogens is 374 g/mol. The Balaban J connectivity index is 1.88. The van der Waals surface area contributed by atoms with E-state index >= 15 is 0 Å². The van der Waals surface area contributed by atoms with Crippen molar-refractivity contribution in [3.63, 3.8) is 0 Å². The molecule has 0 atom stereocenters. The van der Waals surface area contributed by atoms with Gasteiger partial charge in [-0.3, -0.25) is 10.1 Å². The lowest BCUT2D eigenvalue weighted by molar-refractivity contribution is -0.383. The fraction of sp³-hybridized carbons (Fsp3) is 0.375. The molecule has 1 aromatic heterocycles. The topological polar surface area (TPSA) is 93.0 Å². The van der Waals surface area contributed by atoms with Crippen molar-refractivity contribution in [2.24, 2.45) is 0 Å². The number of nitrogens with zero attached hydrogens (tertiary/aromatic N) is 3. The number of hydrogen-bond donors (Lipinski definition) is 2. The molecule has 0 aliphatic heterocycles. The molecule has 1 aromatic carbocycles. The van der Waals surface area contributed by atoms with E-state index in [-0.39, 0.29) is 23.4 Å². The molecule has 0 amide bonds. The van der Waals surface area contributed by atoms with Crippen LogP contribution in [-0.4, -0.2) is 20.9 Å². The number of nitro groups is 1. The molecule has 3 rings (SSSR count). The molecule has 1 aliphatic carbocycles. The molecule has 2 aromatic rings. The Morgan fingerprint density at radius 3 is 2.62 bits per heavy atom. The van der Waals surface area contributed by atoms with Gasteiger partial charge in [0.1, 0.15) is 6.33 Å². The first-order valence-corrected chi connectivity index (χ1v) is 8.71. The largest absolute Gasteiger partial charge is 0.361 e. The number of benzene rings is 1. The van der Waals surface area contributed by atoms with Crippen LogP contribution in [0.4, 0.5) is 23.0 Å². The minimum atomic E-state index is -0.439. The molecule has 2 N–H and O–H groups in total. The zero-order chi connectivity index (χ0) is 16.9. The highest BCUT2D eigenvalue weighted by molar-refractivity contribution is 9.10. The van der Waals surface area contributed by atoms with Crippen molar-refractivity contribution in [2.45, 2.75) is 38.1 Å². The maximum Gasteiger partial charge on any atom is 0.353 e.